The molecule has 8 heteroatoms. The number of carbonyl (C=O) groups is 3. The van der Waals surface area contributed by atoms with Crippen LogP contribution >= 0.6 is 0 Å². The highest BCUT2D eigenvalue weighted by molar-refractivity contribution is 5.98. The van der Waals surface area contributed by atoms with Crippen LogP contribution in [0.5, 0.6) is 0 Å². The number of carbonyl (C=O) groups excluding carboxylic acids is 3. The molecule has 2 saturated heterocycles. The summed E-state index contributed by atoms with van der Waals surface area (Å²) in [6, 6.07) is 6.89. The Labute approximate surface area is 158 Å². The van der Waals surface area contributed by atoms with E-state index >= 15 is 0 Å². The summed E-state index contributed by atoms with van der Waals surface area (Å²) in [6.07, 6.45) is 1.27. The van der Waals surface area contributed by atoms with Crippen LogP contribution in [0.2, 0.25) is 0 Å². The standard InChI is InChI=1S/C19H25N3O5/c1-14(23)20-16-4-3-5-17(12-16)22(15(2)24)13-18(25)21-8-6-19(7-9-21)26-10-11-27-19/h3-5,12H,6-11,13H2,1-2H3,(H,20,23). The van der Waals surface area contributed by atoms with E-state index in [4.69, 9.17) is 9.47 Å². The molecule has 0 saturated carbocycles. The van der Waals surface area contributed by atoms with Crippen LogP contribution in [-0.4, -0.2) is 61.3 Å². The average Bonchev–Trinajstić information content (AvgIpc) is 3.07. The number of nitrogens with one attached hydrogen (secondary N) is 1. The Morgan fingerprint density at radius 2 is 1.81 bits per heavy atom. The lowest BCUT2D eigenvalue weighted by atomic mass is 10.0. The molecule has 0 unspecified atom stereocenters. The molecule has 8 nitrogen and oxygen atoms in total. The first kappa shape index (κ1) is 19.3. The number of rotatable bonds is 4. The zero-order valence-corrected chi connectivity index (χ0v) is 15.7. The van der Waals surface area contributed by atoms with Gasteiger partial charge >= 0.3 is 0 Å². The number of likely N-dealkylation sites (tertiary alicyclic amines) is 1. The van der Waals surface area contributed by atoms with Crippen molar-refractivity contribution < 1.29 is 23.9 Å². The number of benzene rings is 1. The predicted octanol–water partition coefficient (Wildman–Crippen LogP) is 1.36. The molecule has 146 valence electrons. The highest BCUT2D eigenvalue weighted by Gasteiger charge is 2.40. The maximum absolute atomic E-state index is 12.7. The Morgan fingerprint density at radius 3 is 2.41 bits per heavy atom. The summed E-state index contributed by atoms with van der Waals surface area (Å²) in [5.74, 6) is -1.09. The largest absolute Gasteiger partial charge is 0.347 e. The van der Waals surface area contributed by atoms with Gasteiger partial charge in [0.15, 0.2) is 5.79 Å². The second-order valence-electron chi connectivity index (χ2n) is 6.83. The van der Waals surface area contributed by atoms with Crippen molar-refractivity contribution in [3.05, 3.63) is 24.3 Å². The maximum atomic E-state index is 12.7. The van der Waals surface area contributed by atoms with Gasteiger partial charge in [0.2, 0.25) is 17.7 Å². The normalized spacial score (nSPS) is 18.4. The molecule has 0 aliphatic carbocycles. The molecule has 3 rings (SSSR count). The van der Waals surface area contributed by atoms with Crippen LogP contribution in [0.1, 0.15) is 26.7 Å². The molecule has 2 heterocycles. The molecule has 3 amide bonds. The van der Waals surface area contributed by atoms with E-state index in [1.807, 2.05) is 0 Å². The molecule has 1 spiro atoms. The Hall–Kier alpha value is -2.45. The van der Waals surface area contributed by atoms with Gasteiger partial charge in [-0.2, -0.15) is 0 Å². The van der Waals surface area contributed by atoms with Crippen molar-refractivity contribution >= 4 is 29.1 Å². The first-order valence-electron chi connectivity index (χ1n) is 9.10. The number of hydrogen-bond acceptors (Lipinski definition) is 5. The smallest absolute Gasteiger partial charge is 0.242 e. The van der Waals surface area contributed by atoms with E-state index < -0.39 is 5.79 Å². The molecule has 1 aromatic carbocycles. The lowest BCUT2D eigenvalue weighted by Crippen LogP contribution is -2.50. The molecule has 0 bridgehead atoms. The van der Waals surface area contributed by atoms with E-state index in [9.17, 15) is 14.4 Å². The Morgan fingerprint density at radius 1 is 1.15 bits per heavy atom. The summed E-state index contributed by atoms with van der Waals surface area (Å²) in [7, 11) is 0. The third kappa shape index (κ3) is 4.64. The molecular weight excluding hydrogens is 350 g/mol. The monoisotopic (exact) mass is 375 g/mol. The minimum absolute atomic E-state index is 0.0480. The van der Waals surface area contributed by atoms with Crippen molar-refractivity contribution in [1.29, 1.82) is 0 Å². The van der Waals surface area contributed by atoms with Gasteiger partial charge in [-0.1, -0.05) is 6.07 Å². The van der Waals surface area contributed by atoms with Crippen LogP contribution in [0.4, 0.5) is 11.4 Å². The van der Waals surface area contributed by atoms with E-state index in [0.29, 0.717) is 50.5 Å². The van der Waals surface area contributed by atoms with Gasteiger partial charge in [0, 0.05) is 51.2 Å². The van der Waals surface area contributed by atoms with E-state index in [2.05, 4.69) is 5.32 Å². The fourth-order valence-corrected chi connectivity index (χ4v) is 3.46. The summed E-state index contributed by atoms with van der Waals surface area (Å²) in [6.45, 7) is 5.05. The molecule has 2 aliphatic rings. The van der Waals surface area contributed by atoms with Gasteiger partial charge in [-0.3, -0.25) is 14.4 Å². The summed E-state index contributed by atoms with van der Waals surface area (Å²) in [5.41, 5.74) is 1.15. The third-order valence-electron chi connectivity index (χ3n) is 4.84. The molecule has 0 radical (unpaired) electrons. The van der Waals surface area contributed by atoms with Gasteiger partial charge < -0.3 is 24.6 Å². The van der Waals surface area contributed by atoms with Gasteiger partial charge in [-0.25, -0.2) is 0 Å². The van der Waals surface area contributed by atoms with Crippen LogP contribution in [0.3, 0.4) is 0 Å². The quantitative estimate of drug-likeness (QED) is 0.859. The van der Waals surface area contributed by atoms with Gasteiger partial charge in [0.05, 0.1) is 13.2 Å². The number of piperidine rings is 1. The third-order valence-corrected chi connectivity index (χ3v) is 4.84. The minimum Gasteiger partial charge on any atom is -0.347 e. The predicted molar refractivity (Wildman–Crippen MR) is 99.2 cm³/mol. The lowest BCUT2D eigenvalue weighted by molar-refractivity contribution is -0.187. The molecule has 2 aliphatic heterocycles. The van der Waals surface area contributed by atoms with Crippen LogP contribution in [0.25, 0.3) is 0 Å². The summed E-state index contributed by atoms with van der Waals surface area (Å²) >= 11 is 0. The highest BCUT2D eigenvalue weighted by atomic mass is 16.7. The van der Waals surface area contributed by atoms with Gasteiger partial charge in [-0.15, -0.1) is 0 Å². The van der Waals surface area contributed by atoms with Crippen molar-refractivity contribution in [2.24, 2.45) is 0 Å². The molecule has 2 fully saturated rings. The topological polar surface area (TPSA) is 88.2 Å². The zero-order chi connectivity index (χ0) is 19.4. The first-order chi connectivity index (χ1) is 12.9. The molecule has 1 N–H and O–H groups in total. The highest BCUT2D eigenvalue weighted by Crippen LogP contribution is 2.31. The van der Waals surface area contributed by atoms with Crippen molar-refractivity contribution in [3.8, 4) is 0 Å². The van der Waals surface area contributed by atoms with Crippen LogP contribution in [0.15, 0.2) is 24.3 Å². The van der Waals surface area contributed by atoms with E-state index in [1.54, 1.807) is 29.2 Å². The molecule has 27 heavy (non-hydrogen) atoms. The van der Waals surface area contributed by atoms with Gasteiger partial charge in [0.1, 0.15) is 6.54 Å². The summed E-state index contributed by atoms with van der Waals surface area (Å²) < 4.78 is 11.4. The second kappa shape index (κ2) is 8.06. The fraction of sp³-hybridized carbons (Fsp3) is 0.526. The van der Waals surface area contributed by atoms with E-state index in [1.165, 1.54) is 18.7 Å². The summed E-state index contributed by atoms with van der Waals surface area (Å²) in [4.78, 5) is 39.3. The van der Waals surface area contributed by atoms with Crippen molar-refractivity contribution in [3.63, 3.8) is 0 Å². The lowest BCUT2D eigenvalue weighted by Gasteiger charge is -2.38. The van der Waals surface area contributed by atoms with Crippen LogP contribution in [-0.2, 0) is 23.9 Å². The fourth-order valence-electron chi connectivity index (χ4n) is 3.46. The Balaban J connectivity index is 1.65. The SMILES string of the molecule is CC(=O)Nc1cccc(N(CC(=O)N2CCC3(CC2)OCCO3)C(C)=O)c1. The Bertz CT molecular complexity index is 720. The minimum atomic E-state index is -0.538. The molecule has 0 aromatic heterocycles. The molecule has 1 aromatic rings. The van der Waals surface area contributed by atoms with Gasteiger partial charge in [-0.05, 0) is 18.2 Å². The van der Waals surface area contributed by atoms with Crippen LogP contribution in [0, 0.1) is 0 Å². The zero-order valence-electron chi connectivity index (χ0n) is 15.7. The van der Waals surface area contributed by atoms with Crippen molar-refractivity contribution in [1.82, 2.24) is 4.90 Å². The van der Waals surface area contributed by atoms with Crippen molar-refractivity contribution in [2.75, 3.05) is 43.1 Å². The van der Waals surface area contributed by atoms with E-state index in [0.717, 1.165) is 0 Å². The maximum Gasteiger partial charge on any atom is 0.242 e. The van der Waals surface area contributed by atoms with Gasteiger partial charge in [0.25, 0.3) is 0 Å². The van der Waals surface area contributed by atoms with Crippen LogP contribution < -0.4 is 10.2 Å². The molecular formula is C19H25N3O5. The number of amides is 3. The Kier molecular flexibility index (Phi) is 5.76. The number of nitrogens with zero attached hydrogens (tertiary/aromatic N) is 2. The van der Waals surface area contributed by atoms with E-state index in [-0.39, 0.29) is 24.3 Å². The van der Waals surface area contributed by atoms with Crippen molar-refractivity contribution in [2.45, 2.75) is 32.5 Å². The number of anilines is 2. The number of ether oxygens (including phenoxy) is 2. The molecule has 0 atom stereocenters. The first-order valence-corrected chi connectivity index (χ1v) is 9.10. The number of hydrogen-bond donors (Lipinski definition) is 1. The average molecular weight is 375 g/mol. The second-order valence-corrected chi connectivity index (χ2v) is 6.83. The summed E-state index contributed by atoms with van der Waals surface area (Å²) in [5, 5.41) is 2.68.